The Bertz CT molecular complexity index is 991. The van der Waals surface area contributed by atoms with Crippen molar-refractivity contribution in [2.75, 3.05) is 23.3 Å². The van der Waals surface area contributed by atoms with Crippen LogP contribution in [0.1, 0.15) is 0 Å². The lowest BCUT2D eigenvalue weighted by molar-refractivity contribution is 0.596. The van der Waals surface area contributed by atoms with Crippen LogP contribution in [0.25, 0.3) is 0 Å². The second-order valence-corrected chi connectivity index (χ2v) is 7.73. The fourth-order valence-corrected chi connectivity index (χ4v) is 4.16. The van der Waals surface area contributed by atoms with E-state index in [-0.39, 0.29) is 4.90 Å². The Morgan fingerprint density at radius 3 is 1.92 bits per heavy atom. The van der Waals surface area contributed by atoms with Gasteiger partial charge in [0.1, 0.15) is 5.82 Å². The molecule has 0 heterocycles. The number of para-hydroxylation sites is 1. The molecule has 0 aliphatic carbocycles. The second kappa shape index (κ2) is 7.17. The van der Waals surface area contributed by atoms with Crippen LogP contribution in [0.2, 0.25) is 0 Å². The van der Waals surface area contributed by atoms with E-state index in [1.807, 2.05) is 6.07 Å². The predicted molar refractivity (Wildman–Crippen MR) is 103 cm³/mol. The molecule has 0 saturated carbocycles. The average Bonchev–Trinajstić information content (AvgIpc) is 2.64. The summed E-state index contributed by atoms with van der Waals surface area (Å²) in [6, 6.07) is 21.2. The zero-order chi connectivity index (χ0) is 18.7. The Hall–Kier alpha value is -2.86. The summed E-state index contributed by atoms with van der Waals surface area (Å²) in [5.74, 6) is -0.413. The summed E-state index contributed by atoms with van der Waals surface area (Å²) in [4.78, 5) is 1.77. The molecular formula is C20H19FN2O2S. The highest BCUT2D eigenvalue weighted by Crippen LogP contribution is 2.34. The van der Waals surface area contributed by atoms with Crippen LogP contribution < -0.4 is 9.21 Å². The Kier molecular flexibility index (Phi) is 4.95. The minimum atomic E-state index is -3.87. The molecule has 0 bridgehead atoms. The lowest BCUT2D eigenvalue weighted by atomic mass is 10.2. The molecule has 0 radical (unpaired) electrons. The zero-order valence-corrected chi connectivity index (χ0v) is 15.3. The van der Waals surface area contributed by atoms with Crippen LogP contribution in [0.15, 0.2) is 83.8 Å². The maximum Gasteiger partial charge on any atom is 0.268 e. The summed E-state index contributed by atoms with van der Waals surface area (Å²) in [5, 5.41) is 0. The van der Waals surface area contributed by atoms with E-state index >= 15 is 0 Å². The molecule has 4 nitrogen and oxygen atoms in total. The molecule has 0 aliphatic rings. The number of nitrogens with zero attached hydrogens (tertiary/aromatic N) is 2. The third-order valence-corrected chi connectivity index (χ3v) is 5.69. The highest BCUT2D eigenvalue weighted by atomic mass is 32.2. The molecule has 0 atom stereocenters. The first kappa shape index (κ1) is 17.9. The van der Waals surface area contributed by atoms with E-state index < -0.39 is 15.8 Å². The van der Waals surface area contributed by atoms with E-state index in [9.17, 15) is 12.8 Å². The van der Waals surface area contributed by atoms with Gasteiger partial charge in [0.05, 0.1) is 22.0 Å². The Morgan fingerprint density at radius 1 is 0.769 bits per heavy atom. The molecule has 26 heavy (non-hydrogen) atoms. The predicted octanol–water partition coefficient (Wildman–Crippen LogP) is 4.42. The smallest absolute Gasteiger partial charge is 0.268 e. The van der Waals surface area contributed by atoms with Gasteiger partial charge in [-0.2, -0.15) is 0 Å². The number of hydrogen-bond donors (Lipinski definition) is 0. The highest BCUT2D eigenvalue weighted by Gasteiger charge is 2.27. The second-order valence-electron chi connectivity index (χ2n) is 5.95. The first-order valence-electron chi connectivity index (χ1n) is 8.03. The van der Waals surface area contributed by atoms with Gasteiger partial charge >= 0.3 is 0 Å². The molecule has 3 aromatic carbocycles. The SMILES string of the molecule is CN(C)c1cc(N(c2ccccc2)S(=O)(=O)c2ccccc2)ccc1F. The van der Waals surface area contributed by atoms with Gasteiger partial charge < -0.3 is 4.90 Å². The number of anilines is 3. The standard InChI is InChI=1S/C20H19FN2O2S/c1-22(2)20-15-17(13-14-19(20)21)23(16-9-5-3-6-10-16)26(24,25)18-11-7-4-8-12-18/h3-15H,1-2H3. The number of sulfonamides is 1. The summed E-state index contributed by atoms with van der Waals surface area (Å²) >= 11 is 0. The lowest BCUT2D eigenvalue weighted by Crippen LogP contribution is -2.26. The van der Waals surface area contributed by atoms with E-state index in [1.54, 1.807) is 73.6 Å². The van der Waals surface area contributed by atoms with Crippen LogP contribution in [-0.4, -0.2) is 22.5 Å². The van der Waals surface area contributed by atoms with E-state index in [0.717, 1.165) is 0 Å². The minimum Gasteiger partial charge on any atom is -0.375 e. The van der Waals surface area contributed by atoms with Crippen molar-refractivity contribution < 1.29 is 12.8 Å². The average molecular weight is 370 g/mol. The summed E-state index contributed by atoms with van der Waals surface area (Å²) in [7, 11) is -0.452. The van der Waals surface area contributed by atoms with Crippen molar-refractivity contribution in [3.05, 3.63) is 84.7 Å². The van der Waals surface area contributed by atoms with Gasteiger partial charge in [0.25, 0.3) is 10.0 Å². The van der Waals surface area contributed by atoms with Crippen molar-refractivity contribution in [1.29, 1.82) is 0 Å². The zero-order valence-electron chi connectivity index (χ0n) is 14.5. The van der Waals surface area contributed by atoms with Gasteiger partial charge in [0.15, 0.2) is 0 Å². The van der Waals surface area contributed by atoms with Crippen LogP contribution in [0.3, 0.4) is 0 Å². The first-order valence-corrected chi connectivity index (χ1v) is 9.47. The maximum absolute atomic E-state index is 14.1. The summed E-state index contributed by atoms with van der Waals surface area (Å²) in [5.41, 5.74) is 1.16. The third kappa shape index (κ3) is 3.41. The summed E-state index contributed by atoms with van der Waals surface area (Å²) in [6.45, 7) is 0. The molecule has 0 fully saturated rings. The first-order chi connectivity index (χ1) is 12.4. The van der Waals surface area contributed by atoms with E-state index in [4.69, 9.17) is 0 Å². The van der Waals surface area contributed by atoms with Gasteiger partial charge in [-0.1, -0.05) is 36.4 Å². The molecule has 0 saturated heterocycles. The van der Waals surface area contributed by atoms with E-state index in [2.05, 4.69) is 0 Å². The molecule has 3 aromatic rings. The van der Waals surface area contributed by atoms with Gasteiger partial charge in [0, 0.05) is 14.1 Å². The molecule has 0 aromatic heterocycles. The lowest BCUT2D eigenvalue weighted by Gasteiger charge is -2.26. The molecule has 0 amide bonds. The van der Waals surface area contributed by atoms with Crippen molar-refractivity contribution in [2.45, 2.75) is 4.90 Å². The fourth-order valence-electron chi connectivity index (χ4n) is 2.66. The normalized spacial score (nSPS) is 11.2. The van der Waals surface area contributed by atoms with Crippen LogP contribution in [0.4, 0.5) is 21.5 Å². The number of hydrogen-bond acceptors (Lipinski definition) is 3. The van der Waals surface area contributed by atoms with Crippen LogP contribution in [0.5, 0.6) is 0 Å². The molecule has 0 N–H and O–H groups in total. The molecule has 0 unspecified atom stereocenters. The fraction of sp³-hybridized carbons (Fsp3) is 0.100. The largest absolute Gasteiger partial charge is 0.375 e. The summed E-state index contributed by atoms with van der Waals surface area (Å²) in [6.07, 6.45) is 0. The van der Waals surface area contributed by atoms with Crippen molar-refractivity contribution in [2.24, 2.45) is 0 Å². The molecular weight excluding hydrogens is 351 g/mol. The van der Waals surface area contributed by atoms with Gasteiger partial charge in [-0.05, 0) is 42.5 Å². The van der Waals surface area contributed by atoms with E-state index in [1.165, 1.54) is 22.5 Å². The van der Waals surface area contributed by atoms with Crippen LogP contribution in [0, 0.1) is 5.82 Å². The topological polar surface area (TPSA) is 40.6 Å². The Morgan fingerprint density at radius 2 is 1.35 bits per heavy atom. The van der Waals surface area contributed by atoms with Gasteiger partial charge in [-0.3, -0.25) is 0 Å². The van der Waals surface area contributed by atoms with Crippen molar-refractivity contribution in [3.63, 3.8) is 0 Å². The maximum atomic E-state index is 14.1. The van der Waals surface area contributed by atoms with Crippen LogP contribution >= 0.6 is 0 Å². The van der Waals surface area contributed by atoms with Gasteiger partial charge in [0.2, 0.25) is 0 Å². The molecule has 0 spiro atoms. The minimum absolute atomic E-state index is 0.166. The number of halogens is 1. The summed E-state index contributed by atoms with van der Waals surface area (Å²) < 4.78 is 42.0. The molecule has 0 aliphatic heterocycles. The van der Waals surface area contributed by atoms with Crippen LogP contribution in [-0.2, 0) is 10.0 Å². The Balaban J connectivity index is 2.22. The number of rotatable bonds is 5. The Labute approximate surface area is 153 Å². The molecule has 6 heteroatoms. The van der Waals surface area contributed by atoms with E-state index in [0.29, 0.717) is 17.1 Å². The third-order valence-electron chi connectivity index (χ3n) is 3.92. The van der Waals surface area contributed by atoms with Crippen molar-refractivity contribution in [3.8, 4) is 0 Å². The molecule has 3 rings (SSSR count). The monoisotopic (exact) mass is 370 g/mol. The van der Waals surface area contributed by atoms with Gasteiger partial charge in [-0.15, -0.1) is 0 Å². The molecule has 134 valence electrons. The van der Waals surface area contributed by atoms with Crippen molar-refractivity contribution in [1.82, 2.24) is 0 Å². The number of benzene rings is 3. The van der Waals surface area contributed by atoms with Gasteiger partial charge in [-0.25, -0.2) is 17.1 Å². The van der Waals surface area contributed by atoms with Crippen molar-refractivity contribution >= 4 is 27.1 Å². The quantitative estimate of drug-likeness (QED) is 0.668. The highest BCUT2D eigenvalue weighted by molar-refractivity contribution is 7.93.